The van der Waals surface area contributed by atoms with Crippen LogP contribution in [0.5, 0.6) is 0 Å². The van der Waals surface area contributed by atoms with Crippen LogP contribution in [0.3, 0.4) is 0 Å². The first-order chi connectivity index (χ1) is 7.36. The van der Waals surface area contributed by atoms with Gasteiger partial charge in [0.15, 0.2) is 12.0 Å². The van der Waals surface area contributed by atoms with Gasteiger partial charge in [-0.3, -0.25) is 5.10 Å². The quantitative estimate of drug-likeness (QED) is 0.627. The topological polar surface area (TPSA) is 80.7 Å². The second-order valence-electron chi connectivity index (χ2n) is 3.20. The van der Waals surface area contributed by atoms with Crippen LogP contribution in [0.1, 0.15) is 0 Å². The highest BCUT2D eigenvalue weighted by atomic mass is 16.3. The van der Waals surface area contributed by atoms with Crippen LogP contribution >= 0.6 is 0 Å². The Labute approximate surface area is 84.9 Å². The molecule has 0 aliphatic carbocycles. The summed E-state index contributed by atoms with van der Waals surface area (Å²) in [5, 5.41) is 6.57. The van der Waals surface area contributed by atoms with E-state index in [2.05, 4.69) is 15.2 Å². The lowest BCUT2D eigenvalue weighted by Gasteiger charge is -1.98. The number of hydrogen-bond acceptors (Lipinski definition) is 4. The molecule has 0 unspecified atom stereocenters. The van der Waals surface area contributed by atoms with Crippen molar-refractivity contribution in [1.29, 1.82) is 0 Å². The van der Waals surface area contributed by atoms with E-state index < -0.39 is 0 Å². The molecule has 1 aromatic carbocycles. The Bertz CT molecular complexity index is 610. The molecular formula is C10H8N4O. The number of H-pyrrole nitrogens is 1. The van der Waals surface area contributed by atoms with Crippen molar-refractivity contribution in [2.45, 2.75) is 0 Å². The van der Waals surface area contributed by atoms with E-state index in [9.17, 15) is 0 Å². The maximum Gasteiger partial charge on any atom is 0.182 e. The van der Waals surface area contributed by atoms with Crippen molar-refractivity contribution in [3.05, 3.63) is 30.8 Å². The van der Waals surface area contributed by atoms with Gasteiger partial charge in [-0.1, -0.05) is 12.1 Å². The molecule has 74 valence electrons. The number of para-hydroxylation sites is 1. The lowest BCUT2D eigenvalue weighted by atomic mass is 10.1. The number of nitrogens with two attached hydrogens (primary N) is 1. The monoisotopic (exact) mass is 200 g/mol. The zero-order valence-corrected chi connectivity index (χ0v) is 7.77. The van der Waals surface area contributed by atoms with Crippen molar-refractivity contribution >= 4 is 16.9 Å². The first-order valence-electron chi connectivity index (χ1n) is 4.47. The second kappa shape index (κ2) is 2.84. The molecular weight excluding hydrogens is 192 g/mol. The Morgan fingerprint density at radius 3 is 3.00 bits per heavy atom. The molecule has 0 amide bonds. The standard InChI is InChI=1S/C10H8N4O/c11-10-7(4-13-14-10)6-2-1-3-8-9(6)15-5-12-8/h1-5H,(H3,11,13,14). The summed E-state index contributed by atoms with van der Waals surface area (Å²) < 4.78 is 5.32. The SMILES string of the molecule is Nc1[nH]ncc1-c1cccc2ncoc12. The Kier molecular flexibility index (Phi) is 1.53. The van der Waals surface area contributed by atoms with Crippen LogP contribution in [-0.2, 0) is 0 Å². The van der Waals surface area contributed by atoms with Gasteiger partial charge in [0.25, 0.3) is 0 Å². The van der Waals surface area contributed by atoms with E-state index in [-0.39, 0.29) is 0 Å². The number of anilines is 1. The van der Waals surface area contributed by atoms with Gasteiger partial charge >= 0.3 is 0 Å². The van der Waals surface area contributed by atoms with Gasteiger partial charge in [0.1, 0.15) is 11.3 Å². The van der Waals surface area contributed by atoms with Crippen molar-refractivity contribution in [2.24, 2.45) is 0 Å². The van der Waals surface area contributed by atoms with E-state index in [0.29, 0.717) is 5.82 Å². The highest BCUT2D eigenvalue weighted by Crippen LogP contribution is 2.30. The number of nitrogens with one attached hydrogen (secondary N) is 1. The third kappa shape index (κ3) is 1.10. The molecule has 0 fully saturated rings. The minimum absolute atomic E-state index is 0.527. The van der Waals surface area contributed by atoms with Crippen LogP contribution in [0.15, 0.2) is 35.2 Å². The highest BCUT2D eigenvalue weighted by Gasteiger charge is 2.10. The van der Waals surface area contributed by atoms with Crippen LogP contribution in [-0.4, -0.2) is 15.2 Å². The molecule has 0 saturated heterocycles. The molecule has 0 saturated carbocycles. The summed E-state index contributed by atoms with van der Waals surface area (Å²) in [4.78, 5) is 4.08. The maximum atomic E-state index is 5.75. The van der Waals surface area contributed by atoms with Gasteiger partial charge in [0.05, 0.1) is 6.20 Å². The van der Waals surface area contributed by atoms with Gasteiger partial charge < -0.3 is 10.2 Å². The summed E-state index contributed by atoms with van der Waals surface area (Å²) in [6.45, 7) is 0. The predicted molar refractivity (Wildman–Crippen MR) is 56.0 cm³/mol. The molecule has 0 bridgehead atoms. The summed E-state index contributed by atoms with van der Waals surface area (Å²) in [7, 11) is 0. The van der Waals surface area contributed by atoms with E-state index in [1.807, 2.05) is 18.2 Å². The molecule has 0 radical (unpaired) electrons. The minimum atomic E-state index is 0.527. The lowest BCUT2D eigenvalue weighted by molar-refractivity contribution is 0.603. The van der Waals surface area contributed by atoms with Crippen molar-refractivity contribution in [1.82, 2.24) is 15.2 Å². The summed E-state index contributed by atoms with van der Waals surface area (Å²) in [6.07, 6.45) is 3.09. The third-order valence-electron chi connectivity index (χ3n) is 2.32. The van der Waals surface area contributed by atoms with Crippen LogP contribution in [0.4, 0.5) is 5.82 Å². The molecule has 3 aromatic rings. The number of fused-ring (bicyclic) bond motifs is 1. The van der Waals surface area contributed by atoms with Crippen molar-refractivity contribution in [3.63, 3.8) is 0 Å². The number of nitrogen functional groups attached to an aromatic ring is 1. The highest BCUT2D eigenvalue weighted by molar-refractivity contribution is 5.92. The summed E-state index contributed by atoms with van der Waals surface area (Å²) in [6, 6.07) is 5.72. The molecule has 3 N–H and O–H groups in total. The Balaban J connectivity index is 2.36. The van der Waals surface area contributed by atoms with E-state index in [1.54, 1.807) is 6.20 Å². The van der Waals surface area contributed by atoms with Crippen molar-refractivity contribution in [2.75, 3.05) is 5.73 Å². The molecule has 3 rings (SSSR count). The zero-order valence-electron chi connectivity index (χ0n) is 7.77. The largest absolute Gasteiger partial charge is 0.443 e. The summed E-state index contributed by atoms with van der Waals surface area (Å²) >= 11 is 0. The van der Waals surface area contributed by atoms with Gasteiger partial charge in [-0.15, -0.1) is 0 Å². The van der Waals surface area contributed by atoms with Crippen molar-refractivity contribution < 1.29 is 4.42 Å². The molecule has 15 heavy (non-hydrogen) atoms. The molecule has 0 aliphatic rings. The summed E-state index contributed by atoms with van der Waals surface area (Å²) in [5.74, 6) is 0.527. The van der Waals surface area contributed by atoms with Gasteiger partial charge in [-0.2, -0.15) is 5.10 Å². The number of aromatic nitrogens is 3. The smallest absolute Gasteiger partial charge is 0.182 e. The predicted octanol–water partition coefficient (Wildman–Crippen LogP) is 1.80. The number of rotatable bonds is 1. The first kappa shape index (κ1) is 8.05. The maximum absolute atomic E-state index is 5.75. The Morgan fingerprint density at radius 2 is 2.20 bits per heavy atom. The van der Waals surface area contributed by atoms with Crippen LogP contribution < -0.4 is 5.73 Å². The van der Waals surface area contributed by atoms with Gasteiger partial charge in [0, 0.05) is 11.1 Å². The minimum Gasteiger partial charge on any atom is -0.443 e. The fourth-order valence-corrected chi connectivity index (χ4v) is 1.61. The van der Waals surface area contributed by atoms with Crippen LogP contribution in [0.2, 0.25) is 0 Å². The normalized spacial score (nSPS) is 10.9. The molecule has 2 aromatic heterocycles. The Hall–Kier alpha value is -2.30. The second-order valence-corrected chi connectivity index (χ2v) is 3.20. The molecule has 5 nitrogen and oxygen atoms in total. The molecule has 2 heterocycles. The van der Waals surface area contributed by atoms with Crippen molar-refractivity contribution in [3.8, 4) is 11.1 Å². The van der Waals surface area contributed by atoms with Gasteiger partial charge in [0.2, 0.25) is 0 Å². The van der Waals surface area contributed by atoms with Gasteiger partial charge in [-0.05, 0) is 6.07 Å². The zero-order chi connectivity index (χ0) is 10.3. The lowest BCUT2D eigenvalue weighted by Crippen LogP contribution is -1.87. The van der Waals surface area contributed by atoms with Crippen LogP contribution in [0.25, 0.3) is 22.2 Å². The van der Waals surface area contributed by atoms with E-state index in [0.717, 1.165) is 22.2 Å². The average Bonchev–Trinajstić information content (AvgIpc) is 2.85. The number of benzene rings is 1. The fraction of sp³-hybridized carbons (Fsp3) is 0. The number of nitrogens with zero attached hydrogens (tertiary/aromatic N) is 2. The molecule has 0 spiro atoms. The van der Waals surface area contributed by atoms with E-state index in [1.165, 1.54) is 6.39 Å². The Morgan fingerprint density at radius 1 is 1.27 bits per heavy atom. The van der Waals surface area contributed by atoms with Gasteiger partial charge in [-0.25, -0.2) is 4.98 Å². The first-order valence-corrected chi connectivity index (χ1v) is 4.47. The number of hydrogen-bond donors (Lipinski definition) is 2. The number of oxazole rings is 1. The average molecular weight is 200 g/mol. The summed E-state index contributed by atoms with van der Waals surface area (Å²) in [5.41, 5.74) is 9.02. The molecule has 5 heteroatoms. The molecule has 0 aliphatic heterocycles. The van der Waals surface area contributed by atoms with E-state index in [4.69, 9.17) is 10.2 Å². The van der Waals surface area contributed by atoms with Crippen LogP contribution in [0, 0.1) is 0 Å². The fourth-order valence-electron chi connectivity index (χ4n) is 1.61. The third-order valence-corrected chi connectivity index (χ3v) is 2.32. The molecule has 0 atom stereocenters. The number of aromatic amines is 1. The van der Waals surface area contributed by atoms with E-state index >= 15 is 0 Å².